The van der Waals surface area contributed by atoms with E-state index in [-0.39, 0.29) is 29.8 Å². The highest BCUT2D eigenvalue weighted by Crippen LogP contribution is 2.26. The number of ether oxygens (including phenoxy) is 1. The van der Waals surface area contributed by atoms with E-state index >= 15 is 0 Å². The maximum Gasteiger partial charge on any atom is 0.328 e. The second-order valence-corrected chi connectivity index (χ2v) is 9.00. The summed E-state index contributed by atoms with van der Waals surface area (Å²) in [6.45, 7) is 4.02. The Balaban J connectivity index is 1.47. The molecule has 4 rings (SSSR count). The first-order valence-corrected chi connectivity index (χ1v) is 12.8. The van der Waals surface area contributed by atoms with Crippen molar-refractivity contribution in [3.05, 3.63) is 83.9 Å². The van der Waals surface area contributed by atoms with Gasteiger partial charge in [0.15, 0.2) is 5.69 Å². The van der Waals surface area contributed by atoms with E-state index in [0.29, 0.717) is 17.1 Å². The SMILES string of the molecule is CCC(CC)NC(=O)c1cnc(-c2cccc(-c3cc(C(=O)NC(Cc4ccccc4)C(=O)OC)n[nH]3)c2)o1. The van der Waals surface area contributed by atoms with E-state index in [2.05, 4.69) is 25.8 Å². The number of benzene rings is 2. The van der Waals surface area contributed by atoms with Crippen LogP contribution in [-0.2, 0) is 16.0 Å². The predicted molar refractivity (Wildman–Crippen MR) is 145 cm³/mol. The molecule has 1 atom stereocenters. The van der Waals surface area contributed by atoms with E-state index in [9.17, 15) is 14.4 Å². The van der Waals surface area contributed by atoms with E-state index in [1.165, 1.54) is 13.3 Å². The number of hydrogen-bond donors (Lipinski definition) is 3. The summed E-state index contributed by atoms with van der Waals surface area (Å²) in [5, 5.41) is 12.6. The second-order valence-electron chi connectivity index (χ2n) is 9.00. The van der Waals surface area contributed by atoms with Crippen molar-refractivity contribution in [3.63, 3.8) is 0 Å². The van der Waals surface area contributed by atoms with Crippen LogP contribution in [0.3, 0.4) is 0 Å². The Morgan fingerprint density at radius 1 is 0.949 bits per heavy atom. The zero-order valence-corrected chi connectivity index (χ0v) is 22.1. The van der Waals surface area contributed by atoms with Crippen LogP contribution in [-0.4, -0.2) is 52.2 Å². The van der Waals surface area contributed by atoms with Crippen LogP contribution in [0.4, 0.5) is 0 Å². The quantitative estimate of drug-likeness (QED) is 0.248. The van der Waals surface area contributed by atoms with Crippen molar-refractivity contribution in [1.82, 2.24) is 25.8 Å². The molecule has 3 N–H and O–H groups in total. The standard InChI is InChI=1S/C29H31N5O5/c1-4-21(5-2)31-27(36)25-17-30-28(39-25)20-13-9-12-19(15-20)22-16-23(34-33-22)26(35)32-24(29(37)38-3)14-18-10-7-6-8-11-18/h6-13,15-17,21,24H,4-5,14H2,1-3H3,(H,31,36)(H,32,35)(H,33,34). The average Bonchev–Trinajstić information content (AvgIpc) is 3.67. The molecule has 2 aromatic carbocycles. The molecule has 0 bridgehead atoms. The van der Waals surface area contributed by atoms with Gasteiger partial charge in [-0.3, -0.25) is 14.7 Å². The van der Waals surface area contributed by atoms with E-state index < -0.39 is 17.9 Å². The normalized spacial score (nSPS) is 11.7. The lowest BCUT2D eigenvalue weighted by Crippen LogP contribution is -2.43. The van der Waals surface area contributed by atoms with Gasteiger partial charge in [0.2, 0.25) is 11.7 Å². The third kappa shape index (κ3) is 6.78. The Morgan fingerprint density at radius 2 is 1.69 bits per heavy atom. The molecule has 39 heavy (non-hydrogen) atoms. The van der Waals surface area contributed by atoms with Gasteiger partial charge in [0.25, 0.3) is 11.8 Å². The number of oxazole rings is 1. The highest BCUT2D eigenvalue weighted by molar-refractivity contribution is 5.96. The summed E-state index contributed by atoms with van der Waals surface area (Å²) in [4.78, 5) is 42.0. The molecule has 202 valence electrons. The van der Waals surface area contributed by atoms with Crippen molar-refractivity contribution in [2.24, 2.45) is 0 Å². The number of H-pyrrole nitrogens is 1. The largest absolute Gasteiger partial charge is 0.467 e. The third-order valence-electron chi connectivity index (χ3n) is 6.36. The lowest BCUT2D eigenvalue weighted by Gasteiger charge is -2.15. The number of carbonyl (C=O) groups is 3. The molecule has 0 aliphatic carbocycles. The summed E-state index contributed by atoms with van der Waals surface area (Å²) in [6.07, 6.45) is 3.34. The van der Waals surface area contributed by atoms with Crippen LogP contribution < -0.4 is 10.6 Å². The number of rotatable bonds is 11. The molecule has 0 aliphatic rings. The monoisotopic (exact) mass is 529 g/mol. The summed E-state index contributed by atoms with van der Waals surface area (Å²) in [5.41, 5.74) is 2.97. The summed E-state index contributed by atoms with van der Waals surface area (Å²) in [7, 11) is 1.28. The van der Waals surface area contributed by atoms with Crippen LogP contribution in [0.15, 0.2) is 71.3 Å². The van der Waals surface area contributed by atoms with Crippen molar-refractivity contribution in [2.45, 2.75) is 45.2 Å². The van der Waals surface area contributed by atoms with Crippen molar-refractivity contribution in [3.8, 4) is 22.7 Å². The highest BCUT2D eigenvalue weighted by atomic mass is 16.5. The molecule has 0 fully saturated rings. The number of aromatic nitrogens is 3. The number of esters is 1. The molecule has 10 nitrogen and oxygen atoms in total. The highest BCUT2D eigenvalue weighted by Gasteiger charge is 2.24. The van der Waals surface area contributed by atoms with Crippen LogP contribution in [0.25, 0.3) is 22.7 Å². The molecule has 0 radical (unpaired) electrons. The summed E-state index contributed by atoms with van der Waals surface area (Å²) < 4.78 is 10.6. The maximum atomic E-state index is 12.9. The molecule has 0 aliphatic heterocycles. The van der Waals surface area contributed by atoms with Crippen molar-refractivity contribution in [2.75, 3.05) is 7.11 Å². The first-order chi connectivity index (χ1) is 18.9. The smallest absolute Gasteiger partial charge is 0.328 e. The molecule has 0 saturated heterocycles. The van der Waals surface area contributed by atoms with Gasteiger partial charge in [-0.25, -0.2) is 9.78 Å². The Hall–Kier alpha value is -4.73. The van der Waals surface area contributed by atoms with Crippen molar-refractivity contribution < 1.29 is 23.5 Å². The molecule has 2 aromatic heterocycles. The number of hydrogen-bond acceptors (Lipinski definition) is 7. The van der Waals surface area contributed by atoms with Gasteiger partial charge in [-0.05, 0) is 36.6 Å². The average molecular weight is 530 g/mol. The first-order valence-electron chi connectivity index (χ1n) is 12.8. The fraction of sp³-hybridized carbons (Fsp3) is 0.276. The zero-order valence-electron chi connectivity index (χ0n) is 22.1. The molecule has 1 unspecified atom stereocenters. The number of amides is 2. The number of carbonyl (C=O) groups excluding carboxylic acids is 3. The first kappa shape index (κ1) is 27.3. The van der Waals surface area contributed by atoms with Gasteiger partial charge in [-0.2, -0.15) is 5.10 Å². The molecule has 2 heterocycles. The molecular weight excluding hydrogens is 498 g/mol. The van der Waals surface area contributed by atoms with E-state index in [4.69, 9.17) is 9.15 Å². The van der Waals surface area contributed by atoms with E-state index in [1.54, 1.807) is 6.07 Å². The van der Waals surface area contributed by atoms with Crippen LogP contribution in [0, 0.1) is 0 Å². The minimum Gasteiger partial charge on any atom is -0.467 e. The Bertz CT molecular complexity index is 1420. The lowest BCUT2D eigenvalue weighted by molar-refractivity contribution is -0.142. The molecular formula is C29H31N5O5. The predicted octanol–water partition coefficient (Wildman–Crippen LogP) is 4.16. The van der Waals surface area contributed by atoms with Crippen molar-refractivity contribution >= 4 is 17.8 Å². The van der Waals surface area contributed by atoms with Gasteiger partial charge in [-0.1, -0.05) is 56.3 Å². The van der Waals surface area contributed by atoms with Crippen LogP contribution in [0.1, 0.15) is 53.3 Å². The van der Waals surface area contributed by atoms with E-state index in [1.807, 2.05) is 68.4 Å². The van der Waals surface area contributed by atoms with Gasteiger partial charge in [-0.15, -0.1) is 0 Å². The van der Waals surface area contributed by atoms with Gasteiger partial charge >= 0.3 is 5.97 Å². The second kappa shape index (κ2) is 12.7. The number of methoxy groups -OCH3 is 1. The minimum atomic E-state index is -0.866. The Kier molecular flexibility index (Phi) is 8.88. The van der Waals surface area contributed by atoms with Crippen LogP contribution in [0.5, 0.6) is 0 Å². The minimum absolute atomic E-state index is 0.0717. The van der Waals surface area contributed by atoms with Gasteiger partial charge in [0.1, 0.15) is 6.04 Å². The molecule has 0 saturated carbocycles. The number of nitrogens with one attached hydrogen (secondary N) is 3. The summed E-state index contributed by atoms with van der Waals surface area (Å²) in [5.74, 6) is -0.931. The fourth-order valence-corrected chi connectivity index (χ4v) is 4.09. The maximum absolute atomic E-state index is 12.9. The topological polar surface area (TPSA) is 139 Å². The fourth-order valence-electron chi connectivity index (χ4n) is 4.09. The Labute approximate surface area is 226 Å². The number of nitrogens with zero attached hydrogens (tertiary/aromatic N) is 2. The molecule has 2 amide bonds. The van der Waals surface area contributed by atoms with Crippen LogP contribution in [0.2, 0.25) is 0 Å². The molecule has 10 heteroatoms. The van der Waals surface area contributed by atoms with Crippen LogP contribution >= 0.6 is 0 Å². The third-order valence-corrected chi connectivity index (χ3v) is 6.36. The summed E-state index contributed by atoms with van der Waals surface area (Å²) >= 11 is 0. The van der Waals surface area contributed by atoms with Gasteiger partial charge in [0, 0.05) is 23.6 Å². The zero-order chi connectivity index (χ0) is 27.8. The lowest BCUT2D eigenvalue weighted by atomic mass is 10.1. The van der Waals surface area contributed by atoms with Gasteiger partial charge in [0.05, 0.1) is 19.0 Å². The van der Waals surface area contributed by atoms with Crippen molar-refractivity contribution in [1.29, 1.82) is 0 Å². The molecule has 0 spiro atoms. The number of aromatic amines is 1. The van der Waals surface area contributed by atoms with Gasteiger partial charge < -0.3 is 19.8 Å². The summed E-state index contributed by atoms with van der Waals surface area (Å²) in [6, 6.07) is 17.4. The van der Waals surface area contributed by atoms with E-state index in [0.717, 1.165) is 24.0 Å². The molecule has 4 aromatic rings. The Morgan fingerprint density at radius 3 is 2.41 bits per heavy atom.